The lowest BCUT2D eigenvalue weighted by molar-refractivity contribution is -0.348. The van der Waals surface area contributed by atoms with Crippen LogP contribution in [0.25, 0.3) is 0 Å². The van der Waals surface area contributed by atoms with Gasteiger partial charge in [-0.15, -0.1) is 0 Å². The molecule has 1 fully saturated rings. The first kappa shape index (κ1) is 32.7. The Morgan fingerprint density at radius 2 is 1.62 bits per heavy atom. The molecule has 1 saturated heterocycles. The lowest BCUT2D eigenvalue weighted by Crippen LogP contribution is -2.52. The van der Waals surface area contributed by atoms with E-state index in [4.69, 9.17) is 4.74 Å². The first-order valence-corrected chi connectivity index (χ1v) is 15.0. The molecule has 0 radical (unpaired) electrons. The second-order valence-corrected chi connectivity index (χ2v) is 13.2. The summed E-state index contributed by atoms with van der Waals surface area (Å²) in [7, 11) is -3.19. The fourth-order valence-corrected chi connectivity index (χ4v) is 8.95. The average Bonchev–Trinajstić information content (AvgIpc) is 3.35. The van der Waals surface area contributed by atoms with E-state index in [9.17, 15) is 49.1 Å². The summed E-state index contributed by atoms with van der Waals surface area (Å²) in [6.45, 7) is 0.145. The highest BCUT2D eigenvalue weighted by Gasteiger charge is 2.73. The van der Waals surface area contributed by atoms with Crippen molar-refractivity contribution in [2.24, 2.45) is 0 Å². The van der Waals surface area contributed by atoms with Gasteiger partial charge in [-0.1, -0.05) is 24.3 Å². The molecule has 0 bridgehead atoms. The Hall–Kier alpha value is -3.72. The lowest BCUT2D eigenvalue weighted by Gasteiger charge is -2.43. The molecule has 45 heavy (non-hydrogen) atoms. The quantitative estimate of drug-likeness (QED) is 0.224. The van der Waals surface area contributed by atoms with E-state index in [0.717, 1.165) is 30.3 Å². The normalized spacial score (nSPS) is 20.9. The number of ether oxygens (including phenoxy) is 1. The van der Waals surface area contributed by atoms with Crippen LogP contribution in [0.3, 0.4) is 0 Å². The Morgan fingerprint density at radius 1 is 0.978 bits per heavy atom. The van der Waals surface area contributed by atoms with Crippen LogP contribution in [-0.2, 0) is 33.2 Å². The molecule has 0 unspecified atom stereocenters. The van der Waals surface area contributed by atoms with Gasteiger partial charge >= 0.3 is 24.0 Å². The molecule has 0 aromatic heterocycles. The molecule has 2 aliphatic rings. The Kier molecular flexibility index (Phi) is 7.96. The maximum atomic E-state index is 15.0. The number of benzene rings is 3. The van der Waals surface area contributed by atoms with Gasteiger partial charge in [0.15, 0.2) is 9.84 Å². The van der Waals surface area contributed by atoms with Crippen LogP contribution in [0.1, 0.15) is 45.5 Å². The lowest BCUT2D eigenvalue weighted by atomic mass is 9.76. The second kappa shape index (κ2) is 11.0. The van der Waals surface area contributed by atoms with E-state index in [2.05, 4.69) is 0 Å². The summed E-state index contributed by atoms with van der Waals surface area (Å²) in [4.78, 5) is 12.9. The Morgan fingerprint density at radius 3 is 2.20 bits per heavy atom. The Labute approximate surface area is 252 Å². The number of carboxylic acids is 1. The highest BCUT2D eigenvalue weighted by molar-refractivity contribution is 7.92. The number of hydrogen-bond acceptors (Lipinski definition) is 5. The van der Waals surface area contributed by atoms with Crippen molar-refractivity contribution in [1.82, 2.24) is 4.90 Å². The van der Waals surface area contributed by atoms with Gasteiger partial charge in [0.1, 0.15) is 16.3 Å². The Bertz CT molecular complexity index is 1730. The van der Waals surface area contributed by atoms with Crippen molar-refractivity contribution in [2.75, 3.05) is 13.7 Å². The zero-order valence-corrected chi connectivity index (χ0v) is 24.2. The van der Waals surface area contributed by atoms with Crippen molar-refractivity contribution in [2.45, 2.75) is 59.5 Å². The van der Waals surface area contributed by atoms with Crippen molar-refractivity contribution in [3.63, 3.8) is 0 Å². The minimum Gasteiger partial charge on any atom is -0.496 e. The van der Waals surface area contributed by atoms with Crippen LogP contribution >= 0.6 is 0 Å². The molecule has 1 aliphatic carbocycles. The summed E-state index contributed by atoms with van der Waals surface area (Å²) in [6.07, 6.45) is -13.1. The van der Waals surface area contributed by atoms with Gasteiger partial charge in [0.25, 0.3) is 0 Å². The highest BCUT2D eigenvalue weighted by atomic mass is 32.2. The molecule has 3 aromatic rings. The van der Waals surface area contributed by atoms with E-state index in [1.165, 1.54) is 25.3 Å². The molecule has 242 valence electrons. The number of carboxylic acid groups (broad SMARTS) is 1. The van der Waals surface area contributed by atoms with Gasteiger partial charge in [-0.05, 0) is 66.8 Å². The molecule has 0 spiro atoms. The fourth-order valence-electron chi connectivity index (χ4n) is 6.56. The first-order chi connectivity index (χ1) is 20.9. The molecule has 0 saturated carbocycles. The summed E-state index contributed by atoms with van der Waals surface area (Å²) < 4.78 is 142. The third kappa shape index (κ3) is 5.03. The third-order valence-corrected chi connectivity index (χ3v) is 11.2. The number of sulfone groups is 1. The molecule has 1 heterocycles. The van der Waals surface area contributed by atoms with Crippen molar-refractivity contribution in [3.05, 3.63) is 94.3 Å². The van der Waals surface area contributed by atoms with Gasteiger partial charge in [0, 0.05) is 30.3 Å². The number of carbonyl (C=O) groups is 1. The van der Waals surface area contributed by atoms with E-state index in [0.29, 0.717) is 17.7 Å². The van der Waals surface area contributed by atoms with Gasteiger partial charge in [-0.3, -0.25) is 4.90 Å². The molecule has 6 nitrogen and oxygen atoms in total. The van der Waals surface area contributed by atoms with Crippen LogP contribution in [0.2, 0.25) is 0 Å². The van der Waals surface area contributed by atoms with E-state index in [1.807, 2.05) is 0 Å². The second-order valence-electron chi connectivity index (χ2n) is 11.0. The minimum absolute atomic E-state index is 0.0519. The van der Waals surface area contributed by atoms with Crippen LogP contribution in [0.15, 0.2) is 65.6 Å². The SMILES string of the molecule is COc1cc(C(=O)O)ccc1CN1CC[C@]2(S(=O)(=O)c3ccc(F)cc3)c3ccc(C(F)(C(F)(F)F)C(F)(F)F)cc3CC[C@H]12. The van der Waals surface area contributed by atoms with E-state index < -0.39 is 56.0 Å². The minimum atomic E-state index is -6.35. The van der Waals surface area contributed by atoms with Crippen LogP contribution in [0.4, 0.5) is 35.1 Å². The van der Waals surface area contributed by atoms with E-state index in [1.54, 1.807) is 4.90 Å². The molecule has 1 aliphatic heterocycles. The number of halogens is 8. The number of rotatable bonds is 7. The van der Waals surface area contributed by atoms with Gasteiger partial charge < -0.3 is 9.84 Å². The number of aryl methyl sites for hydroxylation is 1. The van der Waals surface area contributed by atoms with Crippen LogP contribution in [-0.4, -0.2) is 56.4 Å². The largest absolute Gasteiger partial charge is 0.496 e. The summed E-state index contributed by atoms with van der Waals surface area (Å²) in [5.74, 6) is -1.74. The summed E-state index contributed by atoms with van der Waals surface area (Å²) in [5.41, 5.74) is -7.24. The van der Waals surface area contributed by atoms with Gasteiger partial charge in [-0.25, -0.2) is 22.0 Å². The maximum absolute atomic E-state index is 15.0. The molecular formula is C30H25F8NO5S. The van der Waals surface area contributed by atoms with Gasteiger partial charge in [0.2, 0.25) is 0 Å². The average molecular weight is 664 g/mol. The monoisotopic (exact) mass is 663 g/mol. The predicted molar refractivity (Wildman–Crippen MR) is 144 cm³/mol. The van der Waals surface area contributed by atoms with E-state index >= 15 is 4.39 Å². The fraction of sp³-hybridized carbons (Fsp3) is 0.367. The van der Waals surface area contributed by atoms with Gasteiger partial charge in [0.05, 0.1) is 17.6 Å². The summed E-state index contributed by atoms with van der Waals surface area (Å²) in [6, 6.07) is 8.68. The number of likely N-dealkylation sites (tertiary alicyclic amines) is 1. The summed E-state index contributed by atoms with van der Waals surface area (Å²) >= 11 is 0. The number of nitrogens with zero attached hydrogens (tertiary/aromatic N) is 1. The zero-order chi connectivity index (χ0) is 33.2. The molecule has 15 heteroatoms. The van der Waals surface area contributed by atoms with Crippen LogP contribution < -0.4 is 4.74 Å². The zero-order valence-electron chi connectivity index (χ0n) is 23.3. The highest BCUT2D eigenvalue weighted by Crippen LogP contribution is 2.57. The number of fused-ring (bicyclic) bond motifs is 3. The van der Waals surface area contributed by atoms with Crippen LogP contribution in [0.5, 0.6) is 5.75 Å². The van der Waals surface area contributed by atoms with Crippen molar-refractivity contribution >= 4 is 15.8 Å². The predicted octanol–water partition coefficient (Wildman–Crippen LogP) is 6.71. The van der Waals surface area contributed by atoms with E-state index in [-0.39, 0.29) is 59.7 Å². The van der Waals surface area contributed by atoms with Gasteiger partial charge in [-0.2, -0.15) is 26.3 Å². The van der Waals surface area contributed by atoms with Crippen LogP contribution in [0, 0.1) is 5.82 Å². The smallest absolute Gasteiger partial charge is 0.435 e. The maximum Gasteiger partial charge on any atom is 0.435 e. The number of alkyl halides is 7. The Balaban J connectivity index is 1.66. The topological polar surface area (TPSA) is 83.9 Å². The number of aromatic carboxylic acids is 1. The number of hydrogen-bond donors (Lipinski definition) is 1. The number of methoxy groups -OCH3 is 1. The van der Waals surface area contributed by atoms with Crippen molar-refractivity contribution in [1.29, 1.82) is 0 Å². The molecular weight excluding hydrogens is 638 g/mol. The molecule has 3 aromatic carbocycles. The van der Waals surface area contributed by atoms with Crippen molar-refractivity contribution in [3.8, 4) is 5.75 Å². The summed E-state index contributed by atoms with van der Waals surface area (Å²) in [5, 5.41) is 9.33. The molecule has 5 rings (SSSR count). The molecule has 0 amide bonds. The third-order valence-electron chi connectivity index (χ3n) is 8.69. The van der Waals surface area contributed by atoms with Crippen molar-refractivity contribution < 1.29 is 58.2 Å². The molecule has 1 N–H and O–H groups in total. The standard InChI is InChI=1S/C30H25F8NO5S/c1-44-24-15-18(26(40)41)2-3-19(24)16-39-13-12-27(45(42,43)22-8-6-21(31)7-9-22)23-10-5-20(14-17(23)4-11-25(27)39)28(32,29(33,34)35)30(36,37)38/h2-3,5-10,14-15,25H,4,11-13,16H2,1H3,(H,40,41)/t25-,27-/m0/s1. The first-order valence-electron chi connectivity index (χ1n) is 13.5. The molecule has 2 atom stereocenters.